The van der Waals surface area contributed by atoms with Crippen molar-refractivity contribution in [2.24, 2.45) is 0 Å². The zero-order valence-corrected chi connectivity index (χ0v) is 10.9. The second-order valence-corrected chi connectivity index (χ2v) is 5.42. The smallest absolute Gasteiger partial charge is 0.261 e. The number of rotatable bonds is 3. The van der Waals surface area contributed by atoms with E-state index in [2.05, 4.69) is 5.32 Å². The van der Waals surface area contributed by atoms with E-state index in [0.717, 1.165) is 5.56 Å². The summed E-state index contributed by atoms with van der Waals surface area (Å²) in [6.07, 6.45) is 0. The minimum Gasteiger partial charge on any atom is -0.345 e. The molecule has 1 aromatic heterocycles. The van der Waals surface area contributed by atoms with Crippen LogP contribution in [0.3, 0.4) is 0 Å². The first-order valence-electron chi connectivity index (χ1n) is 5.28. The van der Waals surface area contributed by atoms with Crippen LogP contribution in [0.15, 0.2) is 42.5 Å². The van der Waals surface area contributed by atoms with Gasteiger partial charge < -0.3 is 5.32 Å². The number of amides is 1. The fourth-order valence-corrected chi connectivity index (χ4v) is 2.48. The summed E-state index contributed by atoms with van der Waals surface area (Å²) < 4.78 is 0.627. The molecule has 2 aromatic rings. The standard InChI is InChI=1S/C13H12ClNOS/c1-9(10-5-3-2-4-6-10)15-13(16)11-7-8-12(14)17-11/h2-9H,1H3,(H,15,16)/t9-/m1/s1. The van der Waals surface area contributed by atoms with Crippen molar-refractivity contribution in [1.29, 1.82) is 0 Å². The van der Waals surface area contributed by atoms with Crippen molar-refractivity contribution >= 4 is 28.8 Å². The fourth-order valence-electron chi connectivity index (χ4n) is 1.53. The molecule has 1 aromatic carbocycles. The summed E-state index contributed by atoms with van der Waals surface area (Å²) in [6, 6.07) is 13.3. The van der Waals surface area contributed by atoms with Crippen LogP contribution in [0.4, 0.5) is 0 Å². The van der Waals surface area contributed by atoms with Crippen LogP contribution in [-0.2, 0) is 0 Å². The maximum atomic E-state index is 11.9. The van der Waals surface area contributed by atoms with E-state index in [9.17, 15) is 4.79 Å². The number of thiophene rings is 1. The summed E-state index contributed by atoms with van der Waals surface area (Å²) in [7, 11) is 0. The van der Waals surface area contributed by atoms with Gasteiger partial charge in [-0.05, 0) is 24.6 Å². The van der Waals surface area contributed by atoms with Gasteiger partial charge in [-0.3, -0.25) is 4.79 Å². The zero-order chi connectivity index (χ0) is 12.3. The number of carbonyl (C=O) groups is 1. The average molecular weight is 266 g/mol. The first-order chi connectivity index (χ1) is 8.16. The van der Waals surface area contributed by atoms with Gasteiger partial charge in [0.05, 0.1) is 15.3 Å². The molecular weight excluding hydrogens is 254 g/mol. The number of hydrogen-bond acceptors (Lipinski definition) is 2. The summed E-state index contributed by atoms with van der Waals surface area (Å²) >= 11 is 7.08. The third-order valence-electron chi connectivity index (χ3n) is 2.44. The first kappa shape index (κ1) is 12.1. The predicted molar refractivity (Wildman–Crippen MR) is 71.7 cm³/mol. The lowest BCUT2D eigenvalue weighted by Gasteiger charge is -2.13. The molecule has 2 nitrogen and oxygen atoms in total. The molecule has 0 bridgehead atoms. The maximum absolute atomic E-state index is 11.9. The molecule has 0 unspecified atom stereocenters. The van der Waals surface area contributed by atoms with Crippen molar-refractivity contribution in [1.82, 2.24) is 5.32 Å². The van der Waals surface area contributed by atoms with Gasteiger partial charge in [-0.1, -0.05) is 41.9 Å². The van der Waals surface area contributed by atoms with Gasteiger partial charge in [-0.15, -0.1) is 11.3 Å². The van der Waals surface area contributed by atoms with Crippen LogP contribution in [-0.4, -0.2) is 5.91 Å². The van der Waals surface area contributed by atoms with E-state index >= 15 is 0 Å². The molecule has 17 heavy (non-hydrogen) atoms. The summed E-state index contributed by atoms with van der Waals surface area (Å²) in [5, 5.41) is 2.94. The molecular formula is C13H12ClNOS. The molecule has 1 atom stereocenters. The molecule has 0 fully saturated rings. The lowest BCUT2D eigenvalue weighted by molar-refractivity contribution is 0.0944. The lowest BCUT2D eigenvalue weighted by atomic mass is 10.1. The Bertz CT molecular complexity index is 509. The van der Waals surface area contributed by atoms with Crippen molar-refractivity contribution in [3.05, 3.63) is 57.2 Å². The molecule has 0 spiro atoms. The van der Waals surface area contributed by atoms with E-state index in [4.69, 9.17) is 11.6 Å². The third-order valence-corrected chi connectivity index (χ3v) is 3.67. The maximum Gasteiger partial charge on any atom is 0.261 e. The highest BCUT2D eigenvalue weighted by Crippen LogP contribution is 2.22. The largest absolute Gasteiger partial charge is 0.345 e. The Balaban J connectivity index is 2.04. The van der Waals surface area contributed by atoms with Crippen LogP contribution >= 0.6 is 22.9 Å². The number of benzene rings is 1. The Kier molecular flexibility index (Phi) is 3.82. The fraction of sp³-hybridized carbons (Fsp3) is 0.154. The van der Waals surface area contributed by atoms with Crippen molar-refractivity contribution < 1.29 is 4.79 Å². The Labute approximate surface area is 109 Å². The van der Waals surface area contributed by atoms with Crippen LogP contribution < -0.4 is 5.32 Å². The van der Waals surface area contributed by atoms with Crippen LogP contribution in [0, 0.1) is 0 Å². The summed E-state index contributed by atoms with van der Waals surface area (Å²) in [5.41, 5.74) is 1.09. The van der Waals surface area contributed by atoms with Gasteiger partial charge in [0.15, 0.2) is 0 Å². The normalized spacial score (nSPS) is 12.1. The van der Waals surface area contributed by atoms with Crippen LogP contribution in [0.2, 0.25) is 4.34 Å². The number of halogens is 1. The van der Waals surface area contributed by atoms with E-state index < -0.39 is 0 Å². The summed E-state index contributed by atoms with van der Waals surface area (Å²) in [5.74, 6) is -0.0850. The lowest BCUT2D eigenvalue weighted by Crippen LogP contribution is -2.25. The van der Waals surface area contributed by atoms with Crippen LogP contribution in [0.25, 0.3) is 0 Å². The van der Waals surface area contributed by atoms with Gasteiger partial charge in [0.2, 0.25) is 0 Å². The highest BCUT2D eigenvalue weighted by molar-refractivity contribution is 7.17. The van der Waals surface area contributed by atoms with E-state index in [1.807, 2.05) is 37.3 Å². The monoisotopic (exact) mass is 265 g/mol. The number of nitrogens with one attached hydrogen (secondary N) is 1. The highest BCUT2D eigenvalue weighted by atomic mass is 35.5. The van der Waals surface area contributed by atoms with Crippen LogP contribution in [0.5, 0.6) is 0 Å². The third kappa shape index (κ3) is 3.08. The van der Waals surface area contributed by atoms with Crippen molar-refractivity contribution in [3.8, 4) is 0 Å². The molecule has 0 saturated carbocycles. The van der Waals surface area contributed by atoms with Gasteiger partial charge in [0, 0.05) is 0 Å². The number of hydrogen-bond donors (Lipinski definition) is 1. The van der Waals surface area contributed by atoms with Crippen molar-refractivity contribution in [3.63, 3.8) is 0 Å². The van der Waals surface area contributed by atoms with Gasteiger partial charge in [-0.2, -0.15) is 0 Å². The molecule has 88 valence electrons. The van der Waals surface area contributed by atoms with E-state index in [-0.39, 0.29) is 11.9 Å². The van der Waals surface area contributed by atoms with E-state index in [0.29, 0.717) is 9.21 Å². The zero-order valence-electron chi connectivity index (χ0n) is 9.31. The molecule has 1 N–H and O–H groups in total. The molecule has 2 rings (SSSR count). The molecule has 4 heteroatoms. The number of carbonyl (C=O) groups excluding carboxylic acids is 1. The Hall–Kier alpha value is -1.32. The van der Waals surface area contributed by atoms with Gasteiger partial charge in [0.1, 0.15) is 0 Å². The molecule has 0 saturated heterocycles. The van der Waals surface area contributed by atoms with Gasteiger partial charge in [-0.25, -0.2) is 0 Å². The molecule has 1 amide bonds. The Morgan fingerprint density at radius 1 is 1.24 bits per heavy atom. The predicted octanol–water partition coefficient (Wildman–Crippen LogP) is 3.89. The average Bonchev–Trinajstić information content (AvgIpc) is 2.77. The van der Waals surface area contributed by atoms with Gasteiger partial charge >= 0.3 is 0 Å². The van der Waals surface area contributed by atoms with E-state index in [1.54, 1.807) is 12.1 Å². The topological polar surface area (TPSA) is 29.1 Å². The van der Waals surface area contributed by atoms with Gasteiger partial charge in [0.25, 0.3) is 5.91 Å². The molecule has 0 radical (unpaired) electrons. The van der Waals surface area contributed by atoms with Crippen LogP contribution in [0.1, 0.15) is 28.2 Å². The Morgan fingerprint density at radius 3 is 2.53 bits per heavy atom. The van der Waals surface area contributed by atoms with Crippen molar-refractivity contribution in [2.75, 3.05) is 0 Å². The summed E-state index contributed by atoms with van der Waals surface area (Å²) in [6.45, 7) is 1.96. The molecule has 0 aliphatic rings. The Morgan fingerprint density at radius 2 is 1.94 bits per heavy atom. The quantitative estimate of drug-likeness (QED) is 0.896. The molecule has 1 heterocycles. The minimum atomic E-state index is -0.0850. The molecule has 0 aliphatic heterocycles. The van der Waals surface area contributed by atoms with Crippen molar-refractivity contribution in [2.45, 2.75) is 13.0 Å². The molecule has 0 aliphatic carbocycles. The van der Waals surface area contributed by atoms with E-state index in [1.165, 1.54) is 11.3 Å². The summed E-state index contributed by atoms with van der Waals surface area (Å²) in [4.78, 5) is 12.5. The SMILES string of the molecule is C[C@@H](NC(=O)c1ccc(Cl)s1)c1ccccc1. The second kappa shape index (κ2) is 5.34. The highest BCUT2D eigenvalue weighted by Gasteiger charge is 2.12. The minimum absolute atomic E-state index is 0.00965. The second-order valence-electron chi connectivity index (χ2n) is 3.71. The first-order valence-corrected chi connectivity index (χ1v) is 6.47.